The molecule has 0 saturated heterocycles. The molecule has 0 saturated carbocycles. The van der Waals surface area contributed by atoms with E-state index >= 15 is 0 Å². The molecule has 0 radical (unpaired) electrons. The lowest BCUT2D eigenvalue weighted by molar-refractivity contribution is 0.161. The van der Waals surface area contributed by atoms with Crippen LogP contribution in [0.2, 0.25) is 5.02 Å². The summed E-state index contributed by atoms with van der Waals surface area (Å²) in [6.07, 6.45) is 0.00926. The van der Waals surface area contributed by atoms with Crippen LogP contribution in [0, 0.1) is 12.7 Å². The van der Waals surface area contributed by atoms with E-state index in [0.717, 1.165) is 5.56 Å². The van der Waals surface area contributed by atoms with E-state index in [1.165, 1.54) is 6.07 Å². The second kappa shape index (κ2) is 3.19. The standard InChI is InChI=1S/C12H14ClFO/c1-6-8(14)4-7(13)11-10(6)9(15)5-12(11,2)3/h4,9,15H,5H2,1-3H3/t9-/m1/s1. The smallest absolute Gasteiger partial charge is 0.127 e. The van der Waals surface area contributed by atoms with Gasteiger partial charge < -0.3 is 5.11 Å². The van der Waals surface area contributed by atoms with Crippen molar-refractivity contribution in [3.63, 3.8) is 0 Å². The van der Waals surface area contributed by atoms with E-state index in [1.807, 2.05) is 13.8 Å². The maximum absolute atomic E-state index is 13.5. The van der Waals surface area contributed by atoms with Crippen LogP contribution >= 0.6 is 11.6 Å². The van der Waals surface area contributed by atoms with Crippen LogP contribution in [-0.4, -0.2) is 5.11 Å². The summed E-state index contributed by atoms with van der Waals surface area (Å²) in [6, 6.07) is 1.34. The Balaban J connectivity index is 2.78. The van der Waals surface area contributed by atoms with Gasteiger partial charge in [0, 0.05) is 5.02 Å². The van der Waals surface area contributed by atoms with Gasteiger partial charge in [-0.2, -0.15) is 0 Å². The van der Waals surface area contributed by atoms with E-state index in [2.05, 4.69) is 0 Å². The third-order valence-corrected chi connectivity index (χ3v) is 3.54. The van der Waals surface area contributed by atoms with E-state index in [-0.39, 0.29) is 11.2 Å². The van der Waals surface area contributed by atoms with Crippen LogP contribution in [0.3, 0.4) is 0 Å². The average Bonchev–Trinajstić information content (AvgIpc) is 2.32. The van der Waals surface area contributed by atoms with Gasteiger partial charge in [0.2, 0.25) is 0 Å². The fraction of sp³-hybridized carbons (Fsp3) is 0.500. The number of hydrogen-bond donors (Lipinski definition) is 1. The number of benzene rings is 1. The van der Waals surface area contributed by atoms with Gasteiger partial charge in [0.05, 0.1) is 6.10 Å². The van der Waals surface area contributed by atoms with Gasteiger partial charge in [-0.1, -0.05) is 25.4 Å². The summed E-state index contributed by atoms with van der Waals surface area (Å²) in [5.41, 5.74) is 1.93. The molecule has 0 aliphatic heterocycles. The van der Waals surface area contributed by atoms with Gasteiger partial charge in [-0.25, -0.2) is 4.39 Å². The monoisotopic (exact) mass is 228 g/mol. The van der Waals surface area contributed by atoms with Gasteiger partial charge in [0.25, 0.3) is 0 Å². The van der Waals surface area contributed by atoms with E-state index in [9.17, 15) is 9.50 Å². The summed E-state index contributed by atoms with van der Waals surface area (Å²) < 4.78 is 13.5. The van der Waals surface area contributed by atoms with Crippen LogP contribution in [0.25, 0.3) is 0 Å². The highest BCUT2D eigenvalue weighted by atomic mass is 35.5. The largest absolute Gasteiger partial charge is 0.388 e. The molecule has 1 atom stereocenters. The lowest BCUT2D eigenvalue weighted by Crippen LogP contribution is -2.13. The molecule has 0 bridgehead atoms. The molecule has 2 rings (SSSR count). The number of halogens is 2. The van der Waals surface area contributed by atoms with Gasteiger partial charge in [0.1, 0.15) is 5.82 Å². The highest BCUT2D eigenvalue weighted by Gasteiger charge is 2.39. The maximum atomic E-state index is 13.5. The van der Waals surface area contributed by atoms with Gasteiger partial charge in [-0.3, -0.25) is 0 Å². The Morgan fingerprint density at radius 1 is 1.53 bits per heavy atom. The first-order valence-corrected chi connectivity index (χ1v) is 5.39. The highest BCUT2D eigenvalue weighted by molar-refractivity contribution is 6.31. The Morgan fingerprint density at radius 2 is 2.13 bits per heavy atom. The third kappa shape index (κ3) is 1.47. The van der Waals surface area contributed by atoms with Crippen molar-refractivity contribution in [1.29, 1.82) is 0 Å². The van der Waals surface area contributed by atoms with E-state index < -0.39 is 6.10 Å². The summed E-state index contributed by atoms with van der Waals surface area (Å²) in [5.74, 6) is -0.337. The van der Waals surface area contributed by atoms with Crippen molar-refractivity contribution in [1.82, 2.24) is 0 Å². The molecule has 82 valence electrons. The van der Waals surface area contributed by atoms with Crippen molar-refractivity contribution in [3.05, 3.63) is 33.6 Å². The maximum Gasteiger partial charge on any atom is 0.127 e. The summed E-state index contributed by atoms with van der Waals surface area (Å²) in [4.78, 5) is 0. The number of aliphatic hydroxyl groups is 1. The second-order valence-corrected chi connectivity index (χ2v) is 5.26. The van der Waals surface area contributed by atoms with Crippen LogP contribution in [0.5, 0.6) is 0 Å². The van der Waals surface area contributed by atoms with Crippen molar-refractivity contribution >= 4 is 11.6 Å². The van der Waals surface area contributed by atoms with Gasteiger partial charge in [-0.05, 0) is 41.5 Å². The average molecular weight is 229 g/mol. The minimum Gasteiger partial charge on any atom is -0.388 e. The first-order valence-electron chi connectivity index (χ1n) is 5.01. The number of hydrogen-bond acceptors (Lipinski definition) is 1. The summed E-state index contributed by atoms with van der Waals surface area (Å²) in [7, 11) is 0. The molecular formula is C12H14ClFO. The van der Waals surface area contributed by atoms with Crippen LogP contribution < -0.4 is 0 Å². The Bertz CT molecular complexity index is 426. The quantitative estimate of drug-likeness (QED) is 0.721. The molecule has 1 aliphatic rings. The van der Waals surface area contributed by atoms with Crippen LogP contribution in [0.1, 0.15) is 43.1 Å². The van der Waals surface area contributed by atoms with E-state index in [4.69, 9.17) is 11.6 Å². The zero-order valence-corrected chi connectivity index (χ0v) is 9.82. The topological polar surface area (TPSA) is 20.2 Å². The summed E-state index contributed by atoms with van der Waals surface area (Å²) in [5, 5.41) is 10.3. The van der Waals surface area contributed by atoms with Crippen LogP contribution in [0.15, 0.2) is 6.07 Å². The molecule has 0 amide bonds. The lowest BCUT2D eigenvalue weighted by atomic mass is 9.86. The van der Waals surface area contributed by atoms with Crippen molar-refractivity contribution < 1.29 is 9.50 Å². The van der Waals surface area contributed by atoms with Gasteiger partial charge in [0.15, 0.2) is 0 Å². The summed E-state index contributed by atoms with van der Waals surface area (Å²) in [6.45, 7) is 5.73. The molecule has 3 heteroatoms. The molecule has 1 nitrogen and oxygen atoms in total. The second-order valence-electron chi connectivity index (χ2n) is 4.86. The molecule has 0 fully saturated rings. The Morgan fingerprint density at radius 3 is 2.73 bits per heavy atom. The first-order chi connectivity index (χ1) is 6.84. The third-order valence-electron chi connectivity index (χ3n) is 3.24. The number of fused-ring (bicyclic) bond motifs is 1. The Kier molecular flexibility index (Phi) is 2.32. The van der Waals surface area contributed by atoms with E-state index in [0.29, 0.717) is 22.6 Å². The lowest BCUT2D eigenvalue weighted by Gasteiger charge is -2.20. The van der Waals surface area contributed by atoms with Crippen LogP contribution in [-0.2, 0) is 5.41 Å². The zero-order valence-electron chi connectivity index (χ0n) is 9.06. The molecule has 15 heavy (non-hydrogen) atoms. The fourth-order valence-electron chi connectivity index (χ4n) is 2.53. The van der Waals surface area contributed by atoms with Gasteiger partial charge in [-0.15, -0.1) is 0 Å². The molecule has 1 N–H and O–H groups in total. The predicted molar refractivity (Wildman–Crippen MR) is 58.7 cm³/mol. The fourth-order valence-corrected chi connectivity index (χ4v) is 2.98. The predicted octanol–water partition coefficient (Wildman–Crippen LogP) is 3.50. The number of rotatable bonds is 0. The minimum absolute atomic E-state index is 0.176. The molecule has 0 spiro atoms. The Labute approximate surface area is 93.9 Å². The van der Waals surface area contributed by atoms with Crippen molar-refractivity contribution in [2.24, 2.45) is 0 Å². The van der Waals surface area contributed by atoms with Crippen molar-refractivity contribution in [2.75, 3.05) is 0 Å². The normalized spacial score (nSPS) is 22.9. The molecule has 0 unspecified atom stereocenters. The SMILES string of the molecule is Cc1c(F)cc(Cl)c2c1[C@H](O)CC2(C)C. The Hall–Kier alpha value is -0.600. The van der Waals surface area contributed by atoms with Gasteiger partial charge >= 0.3 is 0 Å². The zero-order chi connectivity index (χ0) is 11.4. The molecular weight excluding hydrogens is 215 g/mol. The highest BCUT2D eigenvalue weighted by Crippen LogP contribution is 2.49. The molecule has 0 aromatic heterocycles. The van der Waals surface area contributed by atoms with Crippen molar-refractivity contribution in [3.8, 4) is 0 Å². The van der Waals surface area contributed by atoms with E-state index in [1.54, 1.807) is 6.92 Å². The first kappa shape index (κ1) is 10.9. The molecule has 1 aromatic carbocycles. The molecule has 1 aromatic rings. The van der Waals surface area contributed by atoms with Crippen LogP contribution in [0.4, 0.5) is 4.39 Å². The number of aliphatic hydroxyl groups excluding tert-OH is 1. The minimum atomic E-state index is -0.594. The molecule has 0 heterocycles. The summed E-state index contributed by atoms with van der Waals surface area (Å²) >= 11 is 6.05. The van der Waals surface area contributed by atoms with Crippen molar-refractivity contribution in [2.45, 2.75) is 38.7 Å². The molecule has 1 aliphatic carbocycles.